The van der Waals surface area contributed by atoms with Crippen LogP contribution < -0.4 is 4.57 Å². The summed E-state index contributed by atoms with van der Waals surface area (Å²) in [7, 11) is 2.09. The molecule has 0 radical (unpaired) electrons. The molecule has 1 aliphatic carbocycles. The molecular weight excluding hydrogens is 280 g/mol. The molecule has 23 heavy (non-hydrogen) atoms. The summed E-state index contributed by atoms with van der Waals surface area (Å²) in [5.74, 6) is 0. The highest BCUT2D eigenvalue weighted by atomic mass is 14.9. The summed E-state index contributed by atoms with van der Waals surface area (Å²) in [5.41, 5.74) is 9.75. The van der Waals surface area contributed by atoms with Crippen molar-refractivity contribution < 1.29 is 4.57 Å². The molecular formula is C21H17N2+. The van der Waals surface area contributed by atoms with Gasteiger partial charge < -0.3 is 0 Å². The standard InChI is InChI=1S/C21H17N2/c1-14-7-10-17-18-13-16(22-2)9-8-15(18)12-19(17)21(14)20-6-4-5-11-23(20)3/h4-11,13H,12H2,1,3H3/q+1. The first kappa shape index (κ1) is 13.7. The van der Waals surface area contributed by atoms with Crippen LogP contribution in [0.2, 0.25) is 0 Å². The molecule has 4 rings (SSSR count). The van der Waals surface area contributed by atoms with Crippen molar-refractivity contribution in [2.24, 2.45) is 7.05 Å². The largest absolute Gasteiger partial charge is 0.238 e. The molecule has 0 amide bonds. The number of rotatable bonds is 1. The number of pyridine rings is 1. The predicted octanol–water partition coefficient (Wildman–Crippen LogP) is 4.61. The molecule has 1 heterocycles. The van der Waals surface area contributed by atoms with Crippen molar-refractivity contribution in [3.05, 3.63) is 82.8 Å². The second kappa shape index (κ2) is 5.07. The van der Waals surface area contributed by atoms with Crippen molar-refractivity contribution in [1.29, 1.82) is 0 Å². The molecule has 3 aromatic rings. The van der Waals surface area contributed by atoms with E-state index < -0.39 is 0 Å². The van der Waals surface area contributed by atoms with Gasteiger partial charge >= 0.3 is 0 Å². The predicted molar refractivity (Wildman–Crippen MR) is 92.3 cm³/mol. The normalized spacial score (nSPS) is 11.7. The van der Waals surface area contributed by atoms with Crippen LogP contribution in [0.1, 0.15) is 16.7 Å². The van der Waals surface area contributed by atoms with E-state index in [0.29, 0.717) is 5.69 Å². The maximum absolute atomic E-state index is 7.25. The summed E-state index contributed by atoms with van der Waals surface area (Å²) in [6.45, 7) is 9.43. The van der Waals surface area contributed by atoms with Gasteiger partial charge in [-0.25, -0.2) is 9.41 Å². The zero-order valence-electron chi connectivity index (χ0n) is 13.3. The molecule has 2 heteroatoms. The lowest BCUT2D eigenvalue weighted by molar-refractivity contribution is -0.660. The molecule has 1 aliphatic rings. The van der Waals surface area contributed by atoms with Crippen molar-refractivity contribution in [2.75, 3.05) is 0 Å². The highest BCUT2D eigenvalue weighted by Gasteiger charge is 2.26. The summed E-state index contributed by atoms with van der Waals surface area (Å²) < 4.78 is 2.18. The van der Waals surface area contributed by atoms with Crippen LogP contribution in [-0.2, 0) is 13.5 Å². The average molecular weight is 297 g/mol. The van der Waals surface area contributed by atoms with Gasteiger partial charge in [-0.05, 0) is 53.3 Å². The average Bonchev–Trinajstić information content (AvgIpc) is 2.93. The first-order chi connectivity index (χ1) is 11.2. The van der Waals surface area contributed by atoms with Crippen molar-refractivity contribution in [2.45, 2.75) is 13.3 Å². The van der Waals surface area contributed by atoms with Crippen LogP contribution in [0.4, 0.5) is 5.69 Å². The Kier molecular flexibility index (Phi) is 3.02. The second-order valence-corrected chi connectivity index (χ2v) is 6.11. The van der Waals surface area contributed by atoms with Gasteiger partial charge in [-0.3, -0.25) is 0 Å². The van der Waals surface area contributed by atoms with E-state index in [1.807, 2.05) is 12.1 Å². The number of aryl methyl sites for hydroxylation is 2. The van der Waals surface area contributed by atoms with Crippen molar-refractivity contribution in [1.82, 2.24) is 0 Å². The Hall–Kier alpha value is -2.92. The minimum Gasteiger partial charge on any atom is -0.238 e. The van der Waals surface area contributed by atoms with E-state index in [9.17, 15) is 0 Å². The molecule has 110 valence electrons. The molecule has 0 atom stereocenters. The number of fused-ring (bicyclic) bond motifs is 3. The molecule has 0 N–H and O–H groups in total. The zero-order valence-corrected chi connectivity index (χ0v) is 13.3. The zero-order chi connectivity index (χ0) is 16.0. The number of benzene rings is 2. The van der Waals surface area contributed by atoms with Gasteiger partial charge in [-0.1, -0.05) is 24.3 Å². The van der Waals surface area contributed by atoms with Crippen LogP contribution in [0, 0.1) is 13.5 Å². The van der Waals surface area contributed by atoms with Crippen LogP contribution in [0.25, 0.3) is 27.2 Å². The lowest BCUT2D eigenvalue weighted by Gasteiger charge is -2.10. The lowest BCUT2D eigenvalue weighted by Crippen LogP contribution is -2.30. The maximum atomic E-state index is 7.25. The smallest absolute Gasteiger partial charge is 0.212 e. The molecule has 0 bridgehead atoms. The van der Waals surface area contributed by atoms with Crippen molar-refractivity contribution in [3.63, 3.8) is 0 Å². The molecule has 0 saturated carbocycles. The minimum atomic E-state index is 0.712. The number of hydrogen-bond acceptors (Lipinski definition) is 0. The fraction of sp³-hybridized carbons (Fsp3) is 0.143. The Morgan fingerprint density at radius 1 is 1.04 bits per heavy atom. The van der Waals surface area contributed by atoms with E-state index in [4.69, 9.17) is 6.57 Å². The van der Waals surface area contributed by atoms with Gasteiger partial charge in [0.25, 0.3) is 0 Å². The van der Waals surface area contributed by atoms with Gasteiger partial charge in [0, 0.05) is 12.1 Å². The van der Waals surface area contributed by atoms with Crippen LogP contribution in [0.3, 0.4) is 0 Å². The molecule has 0 fully saturated rings. The van der Waals surface area contributed by atoms with Gasteiger partial charge in [0.1, 0.15) is 7.05 Å². The second-order valence-electron chi connectivity index (χ2n) is 6.11. The summed E-state index contributed by atoms with van der Waals surface area (Å²) in [6, 6.07) is 16.8. The first-order valence-electron chi connectivity index (χ1n) is 7.77. The maximum Gasteiger partial charge on any atom is 0.212 e. The summed E-state index contributed by atoms with van der Waals surface area (Å²) in [6.07, 6.45) is 3.03. The Morgan fingerprint density at radius 3 is 2.70 bits per heavy atom. The van der Waals surface area contributed by atoms with Gasteiger partial charge in [-0.2, -0.15) is 0 Å². The molecule has 0 aliphatic heterocycles. The third-order valence-corrected chi connectivity index (χ3v) is 4.71. The summed E-state index contributed by atoms with van der Waals surface area (Å²) in [4.78, 5) is 3.58. The van der Waals surface area contributed by atoms with E-state index in [1.165, 1.54) is 39.1 Å². The third kappa shape index (κ3) is 2.05. The highest BCUT2D eigenvalue weighted by molar-refractivity contribution is 5.86. The van der Waals surface area contributed by atoms with E-state index in [2.05, 4.69) is 66.0 Å². The highest BCUT2D eigenvalue weighted by Crippen LogP contribution is 2.43. The monoisotopic (exact) mass is 297 g/mol. The molecule has 0 saturated heterocycles. The van der Waals surface area contributed by atoms with E-state index in [1.54, 1.807) is 0 Å². The Morgan fingerprint density at radius 2 is 1.91 bits per heavy atom. The van der Waals surface area contributed by atoms with E-state index in [-0.39, 0.29) is 0 Å². The first-order valence-corrected chi connectivity index (χ1v) is 7.77. The quantitative estimate of drug-likeness (QED) is 0.358. The van der Waals surface area contributed by atoms with Crippen LogP contribution in [0.15, 0.2) is 54.7 Å². The fourth-order valence-corrected chi connectivity index (χ4v) is 3.57. The van der Waals surface area contributed by atoms with E-state index in [0.717, 1.165) is 6.42 Å². The number of aromatic nitrogens is 1. The van der Waals surface area contributed by atoms with Gasteiger partial charge in [0.15, 0.2) is 11.9 Å². The van der Waals surface area contributed by atoms with Gasteiger partial charge in [0.05, 0.1) is 12.1 Å². The van der Waals surface area contributed by atoms with Crippen molar-refractivity contribution >= 4 is 5.69 Å². The lowest BCUT2D eigenvalue weighted by atomic mass is 9.94. The fourth-order valence-electron chi connectivity index (χ4n) is 3.57. The molecule has 1 aromatic heterocycles. The number of nitrogens with zero attached hydrogens (tertiary/aromatic N) is 2. The van der Waals surface area contributed by atoms with E-state index >= 15 is 0 Å². The Labute approximate surface area is 136 Å². The summed E-state index contributed by atoms with van der Waals surface area (Å²) in [5, 5.41) is 0. The molecule has 2 aromatic carbocycles. The van der Waals surface area contributed by atoms with Gasteiger partial charge in [0.2, 0.25) is 5.69 Å². The molecule has 0 spiro atoms. The SMILES string of the molecule is [C-]#[N+]c1ccc2c(c1)-c1ccc(C)c(-c3cccc[n+]3C)c1C2. The third-order valence-electron chi connectivity index (χ3n) is 4.71. The van der Waals surface area contributed by atoms with Gasteiger partial charge in [-0.15, -0.1) is 0 Å². The summed E-state index contributed by atoms with van der Waals surface area (Å²) >= 11 is 0. The Bertz CT molecular complexity index is 978. The topological polar surface area (TPSA) is 8.24 Å². The minimum absolute atomic E-state index is 0.712. The van der Waals surface area contributed by atoms with Crippen LogP contribution >= 0.6 is 0 Å². The van der Waals surface area contributed by atoms with Crippen molar-refractivity contribution in [3.8, 4) is 22.4 Å². The van der Waals surface area contributed by atoms with Crippen LogP contribution in [0.5, 0.6) is 0 Å². The number of hydrogen-bond donors (Lipinski definition) is 0. The van der Waals surface area contributed by atoms with Crippen LogP contribution in [-0.4, -0.2) is 0 Å². The molecule has 2 nitrogen and oxygen atoms in total. The molecule has 0 unspecified atom stereocenters. The Balaban J connectivity index is 1.99.